The summed E-state index contributed by atoms with van der Waals surface area (Å²) in [5, 5.41) is 19.4. The summed E-state index contributed by atoms with van der Waals surface area (Å²) in [5.74, 6) is 2.14. The second kappa shape index (κ2) is 6.64. The van der Waals surface area contributed by atoms with Crippen molar-refractivity contribution >= 4 is 0 Å². The van der Waals surface area contributed by atoms with Gasteiger partial charge in [-0.05, 0) is 41.5 Å². The fraction of sp³-hybridized carbons (Fsp3) is 0.182. The molecule has 4 heteroatoms. The minimum Gasteiger partial charge on any atom is -0.508 e. The fourth-order valence-electron chi connectivity index (χ4n) is 3.63. The molecule has 0 radical (unpaired) electrons. The highest BCUT2D eigenvalue weighted by molar-refractivity contribution is 5.51. The molecule has 0 aromatic heterocycles. The third-order valence-electron chi connectivity index (χ3n) is 4.95. The van der Waals surface area contributed by atoms with Gasteiger partial charge in [0.2, 0.25) is 0 Å². The quantitative estimate of drug-likeness (QED) is 0.736. The number of phenolic OH excluding ortho intramolecular Hbond substituents is 2. The monoisotopic (exact) mass is 348 g/mol. The highest BCUT2D eigenvalue weighted by Gasteiger charge is 2.33. The largest absolute Gasteiger partial charge is 0.508 e. The van der Waals surface area contributed by atoms with Crippen LogP contribution in [0.1, 0.15) is 28.5 Å². The zero-order valence-electron chi connectivity index (χ0n) is 14.4. The molecule has 0 amide bonds. The van der Waals surface area contributed by atoms with E-state index in [0.29, 0.717) is 12.4 Å². The molecule has 1 heterocycles. The van der Waals surface area contributed by atoms with Crippen molar-refractivity contribution in [2.45, 2.75) is 11.8 Å². The topological polar surface area (TPSA) is 58.9 Å². The van der Waals surface area contributed by atoms with Crippen molar-refractivity contribution < 1.29 is 19.7 Å². The Labute approximate surface area is 152 Å². The van der Waals surface area contributed by atoms with Gasteiger partial charge in [0.25, 0.3) is 0 Å². The Bertz CT molecular complexity index is 900. The van der Waals surface area contributed by atoms with Gasteiger partial charge in [-0.15, -0.1) is 0 Å². The van der Waals surface area contributed by atoms with Crippen molar-refractivity contribution in [3.63, 3.8) is 0 Å². The molecule has 3 aromatic carbocycles. The van der Waals surface area contributed by atoms with Crippen LogP contribution in [0.5, 0.6) is 23.0 Å². The van der Waals surface area contributed by atoms with E-state index in [0.717, 1.165) is 22.4 Å². The molecule has 0 spiro atoms. The molecule has 0 bridgehead atoms. The number of ether oxygens (including phenoxy) is 2. The Hall–Kier alpha value is -3.14. The predicted molar refractivity (Wildman–Crippen MR) is 99.3 cm³/mol. The maximum atomic E-state index is 9.80. The number of phenols is 2. The third kappa shape index (κ3) is 2.94. The maximum Gasteiger partial charge on any atom is 0.126 e. The first kappa shape index (κ1) is 16.3. The van der Waals surface area contributed by atoms with Crippen LogP contribution in [0.15, 0.2) is 66.7 Å². The summed E-state index contributed by atoms with van der Waals surface area (Å²) in [7, 11) is 1.65. The van der Waals surface area contributed by atoms with Crippen LogP contribution in [0.25, 0.3) is 0 Å². The summed E-state index contributed by atoms with van der Waals surface area (Å²) in [4.78, 5) is 0. The van der Waals surface area contributed by atoms with Gasteiger partial charge in [0.15, 0.2) is 0 Å². The first-order chi connectivity index (χ1) is 12.7. The van der Waals surface area contributed by atoms with Crippen LogP contribution >= 0.6 is 0 Å². The van der Waals surface area contributed by atoms with Gasteiger partial charge in [0.05, 0.1) is 13.7 Å². The summed E-state index contributed by atoms with van der Waals surface area (Å²) in [6, 6.07) is 20.6. The van der Waals surface area contributed by atoms with Crippen molar-refractivity contribution in [3.05, 3.63) is 83.4 Å². The zero-order valence-corrected chi connectivity index (χ0v) is 14.4. The van der Waals surface area contributed by atoms with Crippen LogP contribution in [-0.2, 0) is 0 Å². The first-order valence-electron chi connectivity index (χ1n) is 8.54. The summed E-state index contributed by atoms with van der Waals surface area (Å²) < 4.78 is 11.2. The van der Waals surface area contributed by atoms with E-state index in [1.165, 1.54) is 0 Å². The molecule has 3 aromatic rings. The minimum absolute atomic E-state index is 0.0785. The predicted octanol–water partition coefficient (Wildman–Crippen LogP) is 4.41. The molecule has 0 unspecified atom stereocenters. The maximum absolute atomic E-state index is 9.80. The van der Waals surface area contributed by atoms with Gasteiger partial charge in [-0.2, -0.15) is 0 Å². The molecule has 2 N–H and O–H groups in total. The number of benzene rings is 3. The second-order valence-electron chi connectivity index (χ2n) is 6.48. The van der Waals surface area contributed by atoms with Crippen LogP contribution in [0.4, 0.5) is 0 Å². The van der Waals surface area contributed by atoms with E-state index in [9.17, 15) is 10.2 Å². The normalized spacial score (nSPS) is 18.7. The molecule has 0 saturated carbocycles. The molecule has 26 heavy (non-hydrogen) atoms. The highest BCUT2D eigenvalue weighted by atomic mass is 16.5. The minimum atomic E-state index is 0.0785. The molecule has 2 atom stereocenters. The van der Waals surface area contributed by atoms with Crippen LogP contribution in [0, 0.1) is 0 Å². The average molecular weight is 348 g/mol. The Morgan fingerprint density at radius 3 is 2.19 bits per heavy atom. The van der Waals surface area contributed by atoms with Crippen LogP contribution in [0.3, 0.4) is 0 Å². The smallest absolute Gasteiger partial charge is 0.126 e. The standard InChI is InChI=1S/C22H20O4/c1-25-18-9-4-15(5-10-18)22-19-11-8-17(24)12-21(19)26-13-20(22)14-2-6-16(23)7-3-14/h2-12,20,22-24H,13H2,1H3/t20-,22+/m1/s1. The first-order valence-corrected chi connectivity index (χ1v) is 8.54. The Balaban J connectivity index is 1.82. The summed E-state index contributed by atoms with van der Waals surface area (Å²) in [6.07, 6.45) is 0. The van der Waals surface area contributed by atoms with Crippen LogP contribution in [-0.4, -0.2) is 23.9 Å². The number of aromatic hydroxyl groups is 2. The van der Waals surface area contributed by atoms with Crippen LogP contribution in [0.2, 0.25) is 0 Å². The zero-order chi connectivity index (χ0) is 18.1. The second-order valence-corrected chi connectivity index (χ2v) is 6.48. The van der Waals surface area contributed by atoms with Gasteiger partial charge in [0, 0.05) is 23.5 Å². The van der Waals surface area contributed by atoms with E-state index in [2.05, 4.69) is 12.1 Å². The number of rotatable bonds is 3. The lowest BCUT2D eigenvalue weighted by molar-refractivity contribution is 0.247. The van der Waals surface area contributed by atoms with Crippen molar-refractivity contribution in [2.75, 3.05) is 13.7 Å². The summed E-state index contributed by atoms with van der Waals surface area (Å²) >= 11 is 0. The molecule has 4 nitrogen and oxygen atoms in total. The highest BCUT2D eigenvalue weighted by Crippen LogP contribution is 2.47. The van der Waals surface area contributed by atoms with E-state index < -0.39 is 0 Å². The lowest BCUT2D eigenvalue weighted by atomic mass is 9.76. The number of fused-ring (bicyclic) bond motifs is 1. The molecule has 0 aliphatic carbocycles. The van der Waals surface area contributed by atoms with E-state index >= 15 is 0 Å². The van der Waals surface area contributed by atoms with Gasteiger partial charge in [0.1, 0.15) is 23.0 Å². The Kier molecular flexibility index (Phi) is 4.17. The van der Waals surface area contributed by atoms with Crippen molar-refractivity contribution in [1.29, 1.82) is 0 Å². The van der Waals surface area contributed by atoms with E-state index in [1.807, 2.05) is 30.3 Å². The molecule has 4 rings (SSSR count). The number of hydrogen-bond acceptors (Lipinski definition) is 4. The lowest BCUT2D eigenvalue weighted by Gasteiger charge is -2.34. The van der Waals surface area contributed by atoms with Gasteiger partial charge in [-0.25, -0.2) is 0 Å². The molecule has 1 aliphatic rings. The molecule has 0 fully saturated rings. The van der Waals surface area contributed by atoms with Gasteiger partial charge >= 0.3 is 0 Å². The fourth-order valence-corrected chi connectivity index (χ4v) is 3.63. The lowest BCUT2D eigenvalue weighted by Crippen LogP contribution is -2.25. The molecule has 0 saturated heterocycles. The van der Waals surface area contributed by atoms with Crippen LogP contribution < -0.4 is 9.47 Å². The van der Waals surface area contributed by atoms with Crippen molar-refractivity contribution in [3.8, 4) is 23.0 Å². The molecule has 132 valence electrons. The molecular weight excluding hydrogens is 328 g/mol. The Morgan fingerprint density at radius 1 is 0.846 bits per heavy atom. The summed E-state index contributed by atoms with van der Waals surface area (Å²) in [6.45, 7) is 0.498. The SMILES string of the molecule is COc1ccc([C@H]2c3ccc(O)cc3OC[C@@H]2c2ccc(O)cc2)cc1. The van der Waals surface area contributed by atoms with E-state index in [1.54, 1.807) is 31.4 Å². The van der Waals surface area contributed by atoms with Gasteiger partial charge in [-0.1, -0.05) is 30.3 Å². The van der Waals surface area contributed by atoms with Crippen molar-refractivity contribution in [2.24, 2.45) is 0 Å². The molecule has 1 aliphatic heterocycles. The third-order valence-corrected chi connectivity index (χ3v) is 4.95. The molecular formula is C22H20O4. The van der Waals surface area contributed by atoms with Crippen molar-refractivity contribution in [1.82, 2.24) is 0 Å². The number of methoxy groups -OCH3 is 1. The number of hydrogen-bond donors (Lipinski definition) is 2. The van der Waals surface area contributed by atoms with E-state index in [-0.39, 0.29) is 23.3 Å². The van der Waals surface area contributed by atoms with Gasteiger partial charge < -0.3 is 19.7 Å². The average Bonchev–Trinajstić information content (AvgIpc) is 2.68. The Morgan fingerprint density at radius 2 is 1.50 bits per heavy atom. The van der Waals surface area contributed by atoms with Gasteiger partial charge in [-0.3, -0.25) is 0 Å². The van der Waals surface area contributed by atoms with E-state index in [4.69, 9.17) is 9.47 Å². The summed E-state index contributed by atoms with van der Waals surface area (Å²) in [5.41, 5.74) is 3.29.